The molecule has 2 fully saturated rings. The van der Waals surface area contributed by atoms with E-state index in [0.29, 0.717) is 12.6 Å². The molecule has 0 bridgehead atoms. The van der Waals surface area contributed by atoms with Crippen molar-refractivity contribution in [3.05, 3.63) is 0 Å². The molecule has 3 heteroatoms. The maximum Gasteiger partial charge on any atom is 0.0446 e. The van der Waals surface area contributed by atoms with Crippen LogP contribution in [-0.4, -0.2) is 48.8 Å². The Kier molecular flexibility index (Phi) is 5.93. The topological polar surface area (TPSA) is 35.5 Å². The second-order valence-electron chi connectivity index (χ2n) is 6.27. The lowest BCUT2D eigenvalue weighted by Crippen LogP contribution is -2.43. The summed E-state index contributed by atoms with van der Waals surface area (Å²) in [6.07, 6.45) is 7.82. The molecule has 3 nitrogen and oxygen atoms in total. The molecule has 106 valence electrons. The standard InChI is InChI=1S/C15H30N2O/c1-2-8-16-15(7-9-18)12-17(10-13-3-4-13)11-14-5-6-14/h13-16,18H,2-12H2,1H3. The monoisotopic (exact) mass is 254 g/mol. The zero-order chi connectivity index (χ0) is 12.8. The molecule has 18 heavy (non-hydrogen) atoms. The van der Waals surface area contributed by atoms with Gasteiger partial charge in [-0.25, -0.2) is 0 Å². The highest BCUT2D eigenvalue weighted by Crippen LogP contribution is 2.33. The minimum Gasteiger partial charge on any atom is -0.396 e. The number of nitrogens with one attached hydrogen (secondary N) is 1. The van der Waals surface area contributed by atoms with Gasteiger partial charge in [0.1, 0.15) is 0 Å². The molecule has 0 saturated heterocycles. The Morgan fingerprint density at radius 1 is 1.17 bits per heavy atom. The first kappa shape index (κ1) is 14.3. The molecule has 0 aromatic carbocycles. The van der Waals surface area contributed by atoms with E-state index in [0.717, 1.165) is 31.3 Å². The van der Waals surface area contributed by atoms with Gasteiger partial charge in [0, 0.05) is 32.3 Å². The first-order valence-electron chi connectivity index (χ1n) is 7.88. The van der Waals surface area contributed by atoms with Crippen molar-refractivity contribution in [1.82, 2.24) is 10.2 Å². The molecular formula is C15H30N2O. The zero-order valence-corrected chi connectivity index (χ0v) is 11.9. The molecular weight excluding hydrogens is 224 g/mol. The first-order chi connectivity index (χ1) is 8.81. The third-order valence-corrected chi connectivity index (χ3v) is 4.07. The number of rotatable bonds is 11. The molecule has 2 aliphatic rings. The lowest BCUT2D eigenvalue weighted by Gasteiger charge is -2.28. The lowest BCUT2D eigenvalue weighted by atomic mass is 10.1. The highest BCUT2D eigenvalue weighted by Gasteiger charge is 2.29. The van der Waals surface area contributed by atoms with Gasteiger partial charge in [-0.3, -0.25) is 0 Å². The average molecular weight is 254 g/mol. The highest BCUT2D eigenvalue weighted by molar-refractivity contribution is 4.84. The predicted octanol–water partition coefficient (Wildman–Crippen LogP) is 1.86. The number of aliphatic hydroxyl groups excluding tert-OH is 1. The summed E-state index contributed by atoms with van der Waals surface area (Å²) < 4.78 is 0. The fourth-order valence-corrected chi connectivity index (χ4v) is 2.63. The van der Waals surface area contributed by atoms with Crippen molar-refractivity contribution >= 4 is 0 Å². The summed E-state index contributed by atoms with van der Waals surface area (Å²) >= 11 is 0. The van der Waals surface area contributed by atoms with Gasteiger partial charge in [-0.2, -0.15) is 0 Å². The van der Waals surface area contributed by atoms with Crippen molar-refractivity contribution in [2.45, 2.75) is 51.5 Å². The smallest absolute Gasteiger partial charge is 0.0446 e. The van der Waals surface area contributed by atoms with Crippen LogP contribution in [0.15, 0.2) is 0 Å². The van der Waals surface area contributed by atoms with Gasteiger partial charge in [-0.15, -0.1) is 0 Å². The lowest BCUT2D eigenvalue weighted by molar-refractivity contribution is 0.197. The van der Waals surface area contributed by atoms with Gasteiger partial charge in [0.25, 0.3) is 0 Å². The molecule has 2 N–H and O–H groups in total. The van der Waals surface area contributed by atoms with Crippen LogP contribution in [0.5, 0.6) is 0 Å². The molecule has 1 unspecified atom stereocenters. The van der Waals surface area contributed by atoms with E-state index in [1.807, 2.05) is 0 Å². The number of aliphatic hydroxyl groups is 1. The minimum atomic E-state index is 0.308. The first-order valence-corrected chi connectivity index (χ1v) is 7.88. The van der Waals surface area contributed by atoms with E-state index in [2.05, 4.69) is 17.1 Å². The van der Waals surface area contributed by atoms with Crippen LogP contribution in [0.1, 0.15) is 45.4 Å². The van der Waals surface area contributed by atoms with E-state index in [4.69, 9.17) is 0 Å². The van der Waals surface area contributed by atoms with E-state index in [9.17, 15) is 5.11 Å². The van der Waals surface area contributed by atoms with E-state index >= 15 is 0 Å². The van der Waals surface area contributed by atoms with Gasteiger partial charge in [0.05, 0.1) is 0 Å². The summed E-state index contributed by atoms with van der Waals surface area (Å²) in [7, 11) is 0. The Balaban J connectivity index is 1.74. The van der Waals surface area contributed by atoms with Gasteiger partial charge in [0.15, 0.2) is 0 Å². The Morgan fingerprint density at radius 3 is 2.22 bits per heavy atom. The van der Waals surface area contributed by atoms with Crippen molar-refractivity contribution in [2.24, 2.45) is 11.8 Å². The van der Waals surface area contributed by atoms with E-state index < -0.39 is 0 Å². The maximum atomic E-state index is 9.18. The van der Waals surface area contributed by atoms with Crippen LogP contribution in [0.4, 0.5) is 0 Å². The van der Waals surface area contributed by atoms with Crippen LogP contribution in [0, 0.1) is 11.8 Å². The predicted molar refractivity (Wildman–Crippen MR) is 75.7 cm³/mol. The normalized spacial score (nSPS) is 21.5. The van der Waals surface area contributed by atoms with E-state index in [1.54, 1.807) is 0 Å². The maximum absolute atomic E-state index is 9.18. The Labute approximate surface area is 112 Å². The summed E-state index contributed by atoms with van der Waals surface area (Å²) in [5.74, 6) is 1.95. The molecule has 0 heterocycles. The fraction of sp³-hybridized carbons (Fsp3) is 1.00. The van der Waals surface area contributed by atoms with Crippen LogP contribution in [0.25, 0.3) is 0 Å². The fourth-order valence-electron chi connectivity index (χ4n) is 2.63. The third kappa shape index (κ3) is 5.68. The Morgan fingerprint density at radius 2 is 1.78 bits per heavy atom. The van der Waals surface area contributed by atoms with Gasteiger partial charge in [-0.1, -0.05) is 6.92 Å². The van der Waals surface area contributed by atoms with Gasteiger partial charge in [-0.05, 0) is 56.9 Å². The number of nitrogens with zero attached hydrogens (tertiary/aromatic N) is 1. The van der Waals surface area contributed by atoms with Crippen LogP contribution in [0.2, 0.25) is 0 Å². The molecule has 2 saturated carbocycles. The summed E-state index contributed by atoms with van der Waals surface area (Å²) in [4.78, 5) is 2.66. The minimum absolute atomic E-state index is 0.308. The number of hydrogen-bond acceptors (Lipinski definition) is 3. The molecule has 0 aromatic rings. The van der Waals surface area contributed by atoms with Crippen molar-refractivity contribution < 1.29 is 5.11 Å². The molecule has 2 rings (SSSR count). The zero-order valence-electron chi connectivity index (χ0n) is 11.9. The molecule has 0 aromatic heterocycles. The Bertz CT molecular complexity index is 213. The van der Waals surface area contributed by atoms with Crippen LogP contribution < -0.4 is 5.32 Å². The summed E-state index contributed by atoms with van der Waals surface area (Å²) in [6.45, 7) is 7.31. The SMILES string of the molecule is CCCNC(CCO)CN(CC1CC1)CC1CC1. The van der Waals surface area contributed by atoms with Crippen molar-refractivity contribution in [1.29, 1.82) is 0 Å². The summed E-state index contributed by atoms with van der Waals surface area (Å²) in [6, 6.07) is 0.479. The number of hydrogen-bond donors (Lipinski definition) is 2. The second-order valence-corrected chi connectivity index (χ2v) is 6.27. The van der Waals surface area contributed by atoms with Gasteiger partial charge < -0.3 is 15.3 Å². The van der Waals surface area contributed by atoms with E-state index in [-0.39, 0.29) is 0 Å². The summed E-state index contributed by atoms with van der Waals surface area (Å²) in [5, 5.41) is 12.8. The average Bonchev–Trinajstić information content (AvgIpc) is 3.22. The second kappa shape index (κ2) is 7.46. The molecule has 2 aliphatic carbocycles. The summed E-state index contributed by atoms with van der Waals surface area (Å²) in [5.41, 5.74) is 0. The highest BCUT2D eigenvalue weighted by atomic mass is 16.3. The van der Waals surface area contributed by atoms with Gasteiger partial charge >= 0.3 is 0 Å². The molecule has 0 aliphatic heterocycles. The molecule has 0 radical (unpaired) electrons. The van der Waals surface area contributed by atoms with E-state index in [1.165, 1.54) is 45.2 Å². The van der Waals surface area contributed by atoms with Crippen molar-refractivity contribution in [2.75, 3.05) is 32.8 Å². The molecule has 0 amide bonds. The van der Waals surface area contributed by atoms with Gasteiger partial charge in [0.2, 0.25) is 0 Å². The largest absolute Gasteiger partial charge is 0.396 e. The molecule has 0 spiro atoms. The quantitative estimate of drug-likeness (QED) is 0.591. The Hall–Kier alpha value is -0.120. The van der Waals surface area contributed by atoms with Crippen LogP contribution in [0.3, 0.4) is 0 Å². The van der Waals surface area contributed by atoms with Crippen molar-refractivity contribution in [3.8, 4) is 0 Å². The van der Waals surface area contributed by atoms with Crippen LogP contribution in [-0.2, 0) is 0 Å². The third-order valence-electron chi connectivity index (χ3n) is 4.07. The van der Waals surface area contributed by atoms with Crippen LogP contribution >= 0.6 is 0 Å². The van der Waals surface area contributed by atoms with Crippen molar-refractivity contribution in [3.63, 3.8) is 0 Å². The molecule has 1 atom stereocenters.